The maximum Gasteiger partial charge on any atom is 0.272 e. The summed E-state index contributed by atoms with van der Waals surface area (Å²) < 4.78 is 5.21. The SMILES string of the molecule is COc1ccc2nc(C(=O)N3CC(C)NC(C)C3)ccc2c1. The lowest BCUT2D eigenvalue weighted by atomic mass is 10.1. The zero-order valence-corrected chi connectivity index (χ0v) is 13.2. The lowest BCUT2D eigenvalue weighted by Crippen LogP contribution is -2.55. The van der Waals surface area contributed by atoms with Gasteiger partial charge in [-0.15, -0.1) is 0 Å². The van der Waals surface area contributed by atoms with Gasteiger partial charge in [0.2, 0.25) is 0 Å². The topological polar surface area (TPSA) is 54.5 Å². The van der Waals surface area contributed by atoms with Gasteiger partial charge in [-0.3, -0.25) is 4.79 Å². The normalized spacial score (nSPS) is 21.9. The third kappa shape index (κ3) is 2.90. The van der Waals surface area contributed by atoms with Gasteiger partial charge in [0.1, 0.15) is 11.4 Å². The quantitative estimate of drug-likeness (QED) is 0.922. The number of carbonyl (C=O) groups excluding carboxylic acids is 1. The standard InChI is InChI=1S/C17H21N3O2/c1-11-9-20(10-12(2)18-11)17(21)16-6-4-13-8-14(22-3)5-7-15(13)19-16/h4-8,11-12,18H,9-10H2,1-3H3. The van der Waals surface area contributed by atoms with E-state index in [0.717, 1.165) is 16.7 Å². The summed E-state index contributed by atoms with van der Waals surface area (Å²) in [6, 6.07) is 9.99. The molecule has 5 heteroatoms. The highest BCUT2D eigenvalue weighted by atomic mass is 16.5. The fourth-order valence-corrected chi connectivity index (χ4v) is 3.00. The molecule has 0 bridgehead atoms. The van der Waals surface area contributed by atoms with Crippen LogP contribution in [0.1, 0.15) is 24.3 Å². The molecule has 1 aliphatic heterocycles. The second-order valence-electron chi connectivity index (χ2n) is 5.93. The van der Waals surface area contributed by atoms with Crippen molar-refractivity contribution in [1.29, 1.82) is 0 Å². The molecule has 1 N–H and O–H groups in total. The van der Waals surface area contributed by atoms with E-state index in [1.165, 1.54) is 0 Å². The minimum atomic E-state index is -0.00193. The van der Waals surface area contributed by atoms with Crippen LogP contribution in [-0.4, -0.2) is 48.1 Å². The summed E-state index contributed by atoms with van der Waals surface area (Å²) in [6.07, 6.45) is 0. The number of hydrogen-bond donors (Lipinski definition) is 1. The third-order valence-electron chi connectivity index (χ3n) is 3.96. The van der Waals surface area contributed by atoms with Crippen LogP contribution in [0.15, 0.2) is 30.3 Å². The van der Waals surface area contributed by atoms with E-state index in [4.69, 9.17) is 4.74 Å². The summed E-state index contributed by atoms with van der Waals surface area (Å²) >= 11 is 0. The average molecular weight is 299 g/mol. The van der Waals surface area contributed by atoms with Crippen LogP contribution in [0, 0.1) is 0 Å². The maximum absolute atomic E-state index is 12.7. The molecule has 5 nitrogen and oxygen atoms in total. The highest BCUT2D eigenvalue weighted by Gasteiger charge is 2.26. The number of rotatable bonds is 2. The molecule has 1 aromatic carbocycles. The number of benzene rings is 1. The predicted molar refractivity (Wildman–Crippen MR) is 86.3 cm³/mol. The van der Waals surface area contributed by atoms with Crippen molar-refractivity contribution in [1.82, 2.24) is 15.2 Å². The van der Waals surface area contributed by atoms with E-state index in [9.17, 15) is 4.79 Å². The van der Waals surface area contributed by atoms with E-state index in [0.29, 0.717) is 30.9 Å². The fraction of sp³-hybridized carbons (Fsp3) is 0.412. The van der Waals surface area contributed by atoms with E-state index < -0.39 is 0 Å². The minimum Gasteiger partial charge on any atom is -0.497 e. The van der Waals surface area contributed by atoms with Crippen molar-refractivity contribution < 1.29 is 9.53 Å². The van der Waals surface area contributed by atoms with Crippen molar-refractivity contribution in [3.8, 4) is 5.75 Å². The molecule has 1 amide bonds. The molecule has 1 aliphatic rings. The van der Waals surface area contributed by atoms with Crippen LogP contribution in [0.5, 0.6) is 5.75 Å². The Labute approximate surface area is 130 Å². The van der Waals surface area contributed by atoms with Gasteiger partial charge in [0, 0.05) is 30.6 Å². The van der Waals surface area contributed by atoms with E-state index in [-0.39, 0.29) is 5.91 Å². The zero-order chi connectivity index (χ0) is 15.7. The molecule has 116 valence electrons. The molecule has 1 saturated heterocycles. The number of aromatic nitrogens is 1. The van der Waals surface area contributed by atoms with Crippen molar-refractivity contribution in [2.45, 2.75) is 25.9 Å². The van der Waals surface area contributed by atoms with Gasteiger partial charge < -0.3 is 15.0 Å². The molecule has 2 unspecified atom stereocenters. The highest BCUT2D eigenvalue weighted by Crippen LogP contribution is 2.20. The number of pyridine rings is 1. The van der Waals surface area contributed by atoms with Crippen LogP contribution >= 0.6 is 0 Å². The summed E-state index contributed by atoms with van der Waals surface area (Å²) in [5, 5.41) is 4.40. The zero-order valence-electron chi connectivity index (χ0n) is 13.2. The lowest BCUT2D eigenvalue weighted by Gasteiger charge is -2.36. The van der Waals surface area contributed by atoms with Crippen LogP contribution in [-0.2, 0) is 0 Å². The molecule has 2 heterocycles. The van der Waals surface area contributed by atoms with E-state index >= 15 is 0 Å². The summed E-state index contributed by atoms with van der Waals surface area (Å²) in [5.41, 5.74) is 1.31. The monoisotopic (exact) mass is 299 g/mol. The van der Waals surface area contributed by atoms with Crippen molar-refractivity contribution in [2.75, 3.05) is 20.2 Å². The van der Waals surface area contributed by atoms with Crippen LogP contribution in [0.3, 0.4) is 0 Å². The van der Waals surface area contributed by atoms with Crippen LogP contribution in [0.4, 0.5) is 0 Å². The first-order chi connectivity index (χ1) is 10.6. The number of amides is 1. The number of hydrogen-bond acceptors (Lipinski definition) is 4. The Kier molecular flexibility index (Phi) is 3.98. The Morgan fingerprint density at radius 2 is 1.95 bits per heavy atom. The van der Waals surface area contributed by atoms with Gasteiger partial charge in [0.05, 0.1) is 12.6 Å². The molecule has 0 radical (unpaired) electrons. The molecule has 22 heavy (non-hydrogen) atoms. The third-order valence-corrected chi connectivity index (χ3v) is 3.96. The molecular formula is C17H21N3O2. The Morgan fingerprint density at radius 1 is 1.23 bits per heavy atom. The fourth-order valence-electron chi connectivity index (χ4n) is 3.00. The van der Waals surface area contributed by atoms with Gasteiger partial charge in [0.15, 0.2) is 0 Å². The van der Waals surface area contributed by atoms with E-state index in [2.05, 4.69) is 24.1 Å². The van der Waals surface area contributed by atoms with Gasteiger partial charge in [0.25, 0.3) is 5.91 Å². The van der Waals surface area contributed by atoms with Crippen LogP contribution in [0.2, 0.25) is 0 Å². The minimum absolute atomic E-state index is 0.00193. The van der Waals surface area contributed by atoms with Crippen molar-refractivity contribution in [2.24, 2.45) is 0 Å². The molecule has 3 rings (SSSR count). The Hall–Kier alpha value is -2.14. The maximum atomic E-state index is 12.7. The first-order valence-corrected chi connectivity index (χ1v) is 7.57. The number of nitrogens with one attached hydrogen (secondary N) is 1. The summed E-state index contributed by atoms with van der Waals surface area (Å²) in [7, 11) is 1.64. The first-order valence-electron chi connectivity index (χ1n) is 7.57. The Balaban J connectivity index is 1.87. The van der Waals surface area contributed by atoms with Gasteiger partial charge in [-0.1, -0.05) is 6.07 Å². The largest absolute Gasteiger partial charge is 0.497 e. The second-order valence-corrected chi connectivity index (χ2v) is 5.93. The molecular weight excluding hydrogens is 278 g/mol. The number of piperazine rings is 1. The van der Waals surface area contributed by atoms with Gasteiger partial charge in [-0.2, -0.15) is 0 Å². The molecule has 0 aliphatic carbocycles. The highest BCUT2D eigenvalue weighted by molar-refractivity contribution is 5.95. The van der Waals surface area contributed by atoms with Crippen LogP contribution in [0.25, 0.3) is 10.9 Å². The molecule has 2 atom stereocenters. The number of methoxy groups -OCH3 is 1. The number of nitrogens with zero attached hydrogens (tertiary/aromatic N) is 2. The van der Waals surface area contributed by atoms with Crippen molar-refractivity contribution in [3.63, 3.8) is 0 Å². The van der Waals surface area contributed by atoms with E-state index in [1.54, 1.807) is 13.2 Å². The molecule has 2 aromatic rings. The van der Waals surface area contributed by atoms with Gasteiger partial charge in [-0.05, 0) is 38.1 Å². The number of fused-ring (bicyclic) bond motifs is 1. The predicted octanol–water partition coefficient (Wildman–Crippen LogP) is 2.07. The molecule has 0 saturated carbocycles. The summed E-state index contributed by atoms with van der Waals surface area (Å²) in [4.78, 5) is 19.1. The second kappa shape index (κ2) is 5.93. The summed E-state index contributed by atoms with van der Waals surface area (Å²) in [6.45, 7) is 5.61. The van der Waals surface area contributed by atoms with Gasteiger partial charge in [-0.25, -0.2) is 4.98 Å². The average Bonchev–Trinajstić information content (AvgIpc) is 2.52. The molecule has 1 fully saturated rings. The molecule has 1 aromatic heterocycles. The van der Waals surface area contributed by atoms with Crippen molar-refractivity contribution >= 4 is 16.8 Å². The number of carbonyl (C=O) groups is 1. The van der Waals surface area contributed by atoms with Gasteiger partial charge >= 0.3 is 0 Å². The van der Waals surface area contributed by atoms with E-state index in [1.807, 2.05) is 29.2 Å². The summed E-state index contributed by atoms with van der Waals surface area (Å²) in [5.74, 6) is 0.788. The first kappa shape index (κ1) is 14.8. The lowest BCUT2D eigenvalue weighted by molar-refractivity contribution is 0.0668. The number of ether oxygens (including phenoxy) is 1. The Bertz CT molecular complexity index is 691. The van der Waals surface area contributed by atoms with Crippen molar-refractivity contribution in [3.05, 3.63) is 36.0 Å². The Morgan fingerprint density at radius 3 is 2.64 bits per heavy atom. The molecule has 0 spiro atoms. The smallest absolute Gasteiger partial charge is 0.272 e. The van der Waals surface area contributed by atoms with Crippen LogP contribution < -0.4 is 10.1 Å².